The molecule has 0 aromatic heterocycles. The van der Waals surface area contributed by atoms with E-state index in [1.54, 1.807) is 0 Å². The van der Waals surface area contributed by atoms with Crippen LogP contribution in [0.25, 0.3) is 44.5 Å². The smallest absolute Gasteiger partial charge is 0.0465 e. The van der Waals surface area contributed by atoms with Gasteiger partial charge in [-0.1, -0.05) is 217 Å². The highest BCUT2D eigenvalue weighted by molar-refractivity contribution is 5.91. The van der Waals surface area contributed by atoms with Crippen molar-refractivity contribution in [3.05, 3.63) is 273 Å². The molecule has 0 unspecified atom stereocenters. The molecular formula is C78H70N2. The van der Waals surface area contributed by atoms with Crippen molar-refractivity contribution in [1.29, 1.82) is 0 Å². The Hall–Kier alpha value is -8.20. The summed E-state index contributed by atoms with van der Waals surface area (Å²) in [6.45, 7) is 29.0. The molecule has 0 aliphatic heterocycles. The molecule has 0 heterocycles. The van der Waals surface area contributed by atoms with Gasteiger partial charge in [-0.2, -0.15) is 0 Å². The third-order valence-electron chi connectivity index (χ3n) is 20.5. The van der Waals surface area contributed by atoms with E-state index in [0.29, 0.717) is 0 Å². The molecule has 2 heteroatoms. The first-order valence-corrected chi connectivity index (χ1v) is 29.1. The molecule has 5 aliphatic carbocycles. The highest BCUT2D eigenvalue weighted by Gasteiger charge is 2.45. The van der Waals surface area contributed by atoms with Crippen LogP contribution in [0.4, 0.5) is 34.1 Å². The number of rotatable bonds is 6. The van der Waals surface area contributed by atoms with E-state index in [9.17, 15) is 0 Å². The largest absolute Gasteiger partial charge is 0.310 e. The normalized spacial score (nSPS) is 17.4. The van der Waals surface area contributed by atoms with Crippen LogP contribution in [-0.4, -0.2) is 0 Å². The van der Waals surface area contributed by atoms with Crippen LogP contribution >= 0.6 is 0 Å². The van der Waals surface area contributed by atoms with Crippen LogP contribution in [0.3, 0.4) is 0 Å². The minimum absolute atomic E-state index is 0.138. The highest BCUT2D eigenvalue weighted by atomic mass is 15.1. The van der Waals surface area contributed by atoms with Gasteiger partial charge in [-0.15, -0.1) is 0 Å². The van der Waals surface area contributed by atoms with Gasteiger partial charge in [0.15, 0.2) is 0 Å². The molecule has 10 aromatic carbocycles. The molecule has 0 saturated carbocycles. The van der Waals surface area contributed by atoms with Gasteiger partial charge in [0.1, 0.15) is 0 Å². The predicted octanol–water partition coefficient (Wildman–Crippen LogP) is 20.8. The van der Waals surface area contributed by atoms with Crippen molar-refractivity contribution in [1.82, 2.24) is 0 Å². The quantitative estimate of drug-likeness (QED) is 0.164. The molecule has 392 valence electrons. The van der Waals surface area contributed by atoms with Crippen molar-refractivity contribution < 1.29 is 0 Å². The molecular weight excluding hydrogens is 965 g/mol. The van der Waals surface area contributed by atoms with Crippen molar-refractivity contribution in [2.75, 3.05) is 9.80 Å². The molecule has 0 fully saturated rings. The van der Waals surface area contributed by atoms with Crippen LogP contribution in [0.1, 0.15) is 150 Å². The summed E-state index contributed by atoms with van der Waals surface area (Å²) in [7, 11) is 0. The van der Waals surface area contributed by atoms with Crippen LogP contribution in [-0.2, 0) is 32.5 Å². The van der Waals surface area contributed by atoms with Crippen molar-refractivity contribution in [3.8, 4) is 44.5 Å². The fourth-order valence-electron chi connectivity index (χ4n) is 16.0. The van der Waals surface area contributed by atoms with Gasteiger partial charge < -0.3 is 9.80 Å². The minimum Gasteiger partial charge on any atom is -0.310 e. The first-order chi connectivity index (χ1) is 38.2. The van der Waals surface area contributed by atoms with Gasteiger partial charge in [-0.05, 0) is 184 Å². The Bertz CT molecular complexity index is 3830. The average molecular weight is 1040 g/mol. The Morgan fingerprint density at radius 2 is 0.362 bits per heavy atom. The van der Waals surface area contributed by atoms with E-state index in [1.165, 1.54) is 145 Å². The third kappa shape index (κ3) is 6.48. The zero-order chi connectivity index (χ0) is 55.2. The molecule has 0 spiro atoms. The van der Waals surface area contributed by atoms with Gasteiger partial charge in [0.05, 0.1) is 0 Å². The number of hydrogen-bond donors (Lipinski definition) is 0. The van der Waals surface area contributed by atoms with Gasteiger partial charge in [-0.25, -0.2) is 0 Å². The summed E-state index contributed by atoms with van der Waals surface area (Å²) >= 11 is 0. The van der Waals surface area contributed by atoms with Crippen LogP contribution in [0.5, 0.6) is 0 Å². The molecule has 10 aromatic rings. The zero-order valence-corrected chi connectivity index (χ0v) is 48.5. The lowest BCUT2D eigenvalue weighted by atomic mass is 9.60. The number of hydrogen-bond acceptors (Lipinski definition) is 2. The monoisotopic (exact) mass is 1030 g/mol. The standard InChI is InChI=1S/C78H70N2/c1-73(2)61-25-17-13-21-53(61)57-35-29-47(41-67(57)73)79(48-30-36-58-54-22-14-18-26-62(54)74(3,4)68(58)42-48)51-33-39-65-71(45-51)77(9,10)66-40-34-52(46-72(66)78(65,11)12)80(49-31-37-59-55-23-15-19-27-63(55)75(5,6)69(59)43-49)50-32-38-60-56-24-16-20-28-64(56)76(7,8)70(60)44-50/h13-46H,1-12H3. The lowest BCUT2D eigenvalue weighted by Crippen LogP contribution is -2.37. The Morgan fingerprint density at radius 1 is 0.175 bits per heavy atom. The number of nitrogens with zero attached hydrogens (tertiary/aromatic N) is 2. The summed E-state index contributed by atoms with van der Waals surface area (Å²) in [5.41, 5.74) is 33.1. The molecule has 0 radical (unpaired) electrons. The summed E-state index contributed by atoms with van der Waals surface area (Å²) in [5, 5.41) is 0. The SMILES string of the molecule is CC1(C)c2ccccc2-c2ccc(N(c3ccc4c(c3)C(C)(C)c3ccccc3-4)c3ccc4c(c3)C(C)(C)c3ccc(N(c5ccc6c(c5)C(C)(C)c5ccccc5-6)c5ccc6c(c5)C(C)(C)c5ccccc5-6)cc3C4(C)C)cc21. The molecule has 0 atom stereocenters. The second-order valence-electron chi connectivity index (χ2n) is 27.0. The molecule has 0 bridgehead atoms. The maximum Gasteiger partial charge on any atom is 0.0465 e. The van der Waals surface area contributed by atoms with Gasteiger partial charge in [0, 0.05) is 66.6 Å². The first kappa shape index (κ1) is 48.9. The molecule has 0 N–H and O–H groups in total. The van der Waals surface area contributed by atoms with Crippen molar-refractivity contribution in [2.45, 2.75) is 116 Å². The average Bonchev–Trinajstić information content (AvgIpc) is 4.13. The third-order valence-corrected chi connectivity index (χ3v) is 20.5. The van der Waals surface area contributed by atoms with Crippen molar-refractivity contribution in [3.63, 3.8) is 0 Å². The molecule has 80 heavy (non-hydrogen) atoms. The van der Waals surface area contributed by atoms with Gasteiger partial charge in [0.2, 0.25) is 0 Å². The summed E-state index contributed by atoms with van der Waals surface area (Å²) in [5.74, 6) is 0. The Kier molecular flexibility index (Phi) is 9.92. The van der Waals surface area contributed by atoms with E-state index in [2.05, 4.69) is 299 Å². The highest BCUT2D eigenvalue weighted by Crippen LogP contribution is 2.58. The Morgan fingerprint density at radius 3 is 0.613 bits per heavy atom. The second-order valence-corrected chi connectivity index (χ2v) is 27.0. The van der Waals surface area contributed by atoms with Gasteiger partial charge in [0.25, 0.3) is 0 Å². The van der Waals surface area contributed by atoms with Gasteiger partial charge in [-0.3, -0.25) is 0 Å². The van der Waals surface area contributed by atoms with Gasteiger partial charge >= 0.3 is 0 Å². The predicted molar refractivity (Wildman–Crippen MR) is 337 cm³/mol. The van der Waals surface area contributed by atoms with Crippen LogP contribution in [0.15, 0.2) is 206 Å². The fourth-order valence-corrected chi connectivity index (χ4v) is 16.0. The Labute approximate surface area is 474 Å². The summed E-state index contributed by atoms with van der Waals surface area (Å²) in [6, 6.07) is 79.7. The van der Waals surface area contributed by atoms with E-state index >= 15 is 0 Å². The number of anilines is 6. The van der Waals surface area contributed by atoms with E-state index < -0.39 is 0 Å². The second kappa shape index (κ2) is 16.2. The molecule has 5 aliphatic rings. The van der Waals surface area contributed by atoms with Crippen LogP contribution in [0, 0.1) is 0 Å². The van der Waals surface area contributed by atoms with E-state index in [1.807, 2.05) is 0 Å². The lowest BCUT2D eigenvalue weighted by molar-refractivity contribution is 0.521. The molecule has 2 nitrogen and oxygen atoms in total. The number of fused-ring (bicyclic) bond motifs is 14. The summed E-state index contributed by atoms with van der Waals surface area (Å²) in [6.07, 6.45) is 0. The summed E-state index contributed by atoms with van der Waals surface area (Å²) in [4.78, 5) is 5.09. The number of benzene rings is 10. The van der Waals surface area contributed by atoms with Crippen LogP contribution < -0.4 is 9.80 Å². The summed E-state index contributed by atoms with van der Waals surface area (Å²) < 4.78 is 0. The lowest BCUT2D eigenvalue weighted by Gasteiger charge is -2.45. The van der Waals surface area contributed by atoms with Crippen molar-refractivity contribution in [2.24, 2.45) is 0 Å². The fraction of sp³-hybridized carbons (Fsp3) is 0.231. The molecule has 0 saturated heterocycles. The van der Waals surface area contributed by atoms with E-state index in [-0.39, 0.29) is 32.5 Å². The zero-order valence-electron chi connectivity index (χ0n) is 48.5. The Balaban J connectivity index is 0.878. The van der Waals surface area contributed by atoms with Crippen LogP contribution in [0.2, 0.25) is 0 Å². The first-order valence-electron chi connectivity index (χ1n) is 29.1. The van der Waals surface area contributed by atoms with Crippen molar-refractivity contribution >= 4 is 34.1 Å². The maximum atomic E-state index is 2.55. The molecule has 15 rings (SSSR count). The maximum absolute atomic E-state index is 2.55. The molecule has 0 amide bonds. The van der Waals surface area contributed by atoms with E-state index in [4.69, 9.17) is 0 Å². The minimum atomic E-state index is -0.318. The topological polar surface area (TPSA) is 6.48 Å². The van der Waals surface area contributed by atoms with E-state index in [0.717, 1.165) is 0 Å².